The van der Waals surface area contributed by atoms with Crippen molar-refractivity contribution >= 4 is 29.2 Å². The summed E-state index contributed by atoms with van der Waals surface area (Å²) >= 11 is 0. The molecule has 5 rings (SSSR count). The monoisotopic (exact) mass is 482 g/mol. The Kier molecular flexibility index (Phi) is 5.21. The first-order valence-corrected chi connectivity index (χ1v) is 10.5. The highest BCUT2D eigenvalue weighted by atomic mass is 16.6. The lowest BCUT2D eigenvalue weighted by molar-refractivity contribution is -0.384. The topological polar surface area (TPSA) is 165 Å². The highest BCUT2D eigenvalue weighted by molar-refractivity contribution is 6.30. The number of nitrogens with zero attached hydrogens (tertiary/aromatic N) is 3. The van der Waals surface area contributed by atoms with Crippen molar-refractivity contribution in [1.29, 1.82) is 0 Å². The fourth-order valence-electron chi connectivity index (χ4n) is 3.99. The van der Waals surface area contributed by atoms with E-state index in [9.17, 15) is 34.4 Å². The molecule has 0 saturated heterocycles. The SMILES string of the molecule is O=C1c2ccccc2C(=O)c2c(N=Cc3c(O)n(-c4ccc([N+](=O)[O-])cc4)c(=O)[nH]c3=O)cccc21. The number of H-pyrrole nitrogens is 1. The molecule has 11 nitrogen and oxygen atoms in total. The predicted octanol–water partition coefficient (Wildman–Crippen LogP) is 2.67. The first-order valence-electron chi connectivity index (χ1n) is 10.5. The molecular weight excluding hydrogens is 468 g/mol. The smallest absolute Gasteiger partial charge is 0.335 e. The highest BCUT2D eigenvalue weighted by Gasteiger charge is 2.31. The first-order chi connectivity index (χ1) is 17.3. The number of aliphatic imine (C=N–C) groups is 1. The number of aromatic hydroxyl groups is 1. The Morgan fingerprint density at radius 1 is 0.861 bits per heavy atom. The first kappa shape index (κ1) is 22.3. The number of carbonyl (C=O) groups excluding carboxylic acids is 2. The number of nitro benzene ring substituents is 1. The normalized spacial score (nSPS) is 12.4. The van der Waals surface area contributed by atoms with Gasteiger partial charge in [0.2, 0.25) is 5.88 Å². The standard InChI is InChI=1S/C25H14N4O7/c30-21-15-4-1-2-5-16(15)22(31)20-17(21)6-3-7-19(20)26-12-18-23(32)27-25(34)28(24(18)33)13-8-10-14(11-9-13)29(35)36/h1-12,33H,(H,27,32,34). The third-order valence-corrected chi connectivity index (χ3v) is 5.70. The van der Waals surface area contributed by atoms with E-state index in [-0.39, 0.29) is 45.1 Å². The second-order valence-electron chi connectivity index (χ2n) is 7.77. The van der Waals surface area contributed by atoms with Crippen molar-refractivity contribution in [2.45, 2.75) is 0 Å². The van der Waals surface area contributed by atoms with Crippen LogP contribution in [0.15, 0.2) is 81.3 Å². The van der Waals surface area contributed by atoms with Crippen LogP contribution in [-0.2, 0) is 0 Å². The Morgan fingerprint density at radius 3 is 2.17 bits per heavy atom. The zero-order valence-electron chi connectivity index (χ0n) is 18.2. The van der Waals surface area contributed by atoms with Crippen LogP contribution in [0.4, 0.5) is 11.4 Å². The van der Waals surface area contributed by atoms with Crippen LogP contribution in [0.2, 0.25) is 0 Å². The number of nitro groups is 1. The van der Waals surface area contributed by atoms with Crippen LogP contribution >= 0.6 is 0 Å². The van der Waals surface area contributed by atoms with E-state index in [0.29, 0.717) is 0 Å². The number of hydrogen-bond donors (Lipinski definition) is 2. The Hall–Kier alpha value is -5.45. The van der Waals surface area contributed by atoms with Crippen molar-refractivity contribution in [1.82, 2.24) is 9.55 Å². The zero-order chi connectivity index (χ0) is 25.6. The van der Waals surface area contributed by atoms with Gasteiger partial charge in [0, 0.05) is 35.0 Å². The number of fused-ring (bicyclic) bond motifs is 2. The van der Waals surface area contributed by atoms with Crippen molar-refractivity contribution < 1.29 is 19.6 Å². The third kappa shape index (κ3) is 3.51. The average molecular weight is 482 g/mol. The molecule has 3 aromatic carbocycles. The van der Waals surface area contributed by atoms with E-state index in [4.69, 9.17) is 0 Å². The molecule has 0 unspecified atom stereocenters. The average Bonchev–Trinajstić information content (AvgIpc) is 2.87. The Labute approximate surface area is 200 Å². The van der Waals surface area contributed by atoms with Gasteiger partial charge in [0.05, 0.1) is 21.9 Å². The summed E-state index contributed by atoms with van der Waals surface area (Å²) in [6.45, 7) is 0. The van der Waals surface area contributed by atoms with Gasteiger partial charge in [-0.1, -0.05) is 36.4 Å². The quantitative estimate of drug-likeness (QED) is 0.226. The molecule has 36 heavy (non-hydrogen) atoms. The molecule has 1 heterocycles. The fourth-order valence-corrected chi connectivity index (χ4v) is 3.99. The molecule has 2 N–H and O–H groups in total. The van der Waals surface area contributed by atoms with E-state index in [2.05, 4.69) is 9.98 Å². The van der Waals surface area contributed by atoms with Gasteiger partial charge in [0.1, 0.15) is 5.56 Å². The van der Waals surface area contributed by atoms with E-state index >= 15 is 0 Å². The summed E-state index contributed by atoms with van der Waals surface area (Å²) < 4.78 is 0.748. The molecule has 0 bridgehead atoms. The van der Waals surface area contributed by atoms with E-state index in [1.807, 2.05) is 0 Å². The van der Waals surface area contributed by atoms with Gasteiger partial charge in [-0.2, -0.15) is 0 Å². The summed E-state index contributed by atoms with van der Waals surface area (Å²) in [5, 5.41) is 21.6. The van der Waals surface area contributed by atoms with Gasteiger partial charge < -0.3 is 5.11 Å². The Morgan fingerprint density at radius 2 is 1.50 bits per heavy atom. The van der Waals surface area contributed by atoms with Gasteiger partial charge in [-0.3, -0.25) is 34.5 Å². The van der Waals surface area contributed by atoms with Crippen molar-refractivity contribution in [2.75, 3.05) is 0 Å². The number of ketones is 2. The molecule has 0 amide bonds. The molecule has 0 radical (unpaired) electrons. The van der Waals surface area contributed by atoms with E-state index < -0.39 is 33.4 Å². The number of nitrogens with one attached hydrogen (secondary N) is 1. The molecule has 0 fully saturated rings. The number of carbonyl (C=O) groups is 2. The Balaban J connectivity index is 1.61. The van der Waals surface area contributed by atoms with Crippen molar-refractivity contribution in [2.24, 2.45) is 4.99 Å². The maximum Gasteiger partial charge on any atom is 0.335 e. The number of rotatable bonds is 4. The highest BCUT2D eigenvalue weighted by Crippen LogP contribution is 2.33. The van der Waals surface area contributed by atoms with Gasteiger partial charge in [-0.15, -0.1) is 0 Å². The lowest BCUT2D eigenvalue weighted by atomic mass is 9.83. The van der Waals surface area contributed by atoms with Crippen LogP contribution in [-0.4, -0.2) is 37.4 Å². The summed E-state index contributed by atoms with van der Waals surface area (Å²) in [5.41, 5.74) is -1.69. The van der Waals surface area contributed by atoms with Crippen molar-refractivity contribution in [3.05, 3.63) is 125 Å². The van der Waals surface area contributed by atoms with Crippen LogP contribution in [0.1, 0.15) is 37.4 Å². The predicted molar refractivity (Wildman–Crippen MR) is 128 cm³/mol. The van der Waals surface area contributed by atoms with Gasteiger partial charge in [0.25, 0.3) is 11.2 Å². The van der Waals surface area contributed by atoms with Gasteiger partial charge in [0.15, 0.2) is 11.6 Å². The summed E-state index contributed by atoms with van der Waals surface area (Å²) in [6.07, 6.45) is 0.976. The van der Waals surface area contributed by atoms with Gasteiger partial charge in [-0.25, -0.2) is 9.36 Å². The lowest BCUT2D eigenvalue weighted by Gasteiger charge is -2.18. The molecule has 0 atom stereocenters. The largest absolute Gasteiger partial charge is 0.493 e. The molecule has 0 saturated carbocycles. The minimum atomic E-state index is -0.974. The maximum atomic E-state index is 13.1. The summed E-state index contributed by atoms with van der Waals surface area (Å²) in [6, 6.07) is 15.6. The van der Waals surface area contributed by atoms with Crippen LogP contribution < -0.4 is 11.2 Å². The van der Waals surface area contributed by atoms with E-state index in [1.54, 1.807) is 18.2 Å². The number of benzene rings is 3. The van der Waals surface area contributed by atoms with Crippen LogP contribution in [0.3, 0.4) is 0 Å². The fraction of sp³-hybridized carbons (Fsp3) is 0. The van der Waals surface area contributed by atoms with E-state index in [1.165, 1.54) is 36.4 Å². The van der Waals surface area contributed by atoms with Gasteiger partial charge >= 0.3 is 5.69 Å². The second kappa shape index (κ2) is 8.40. The molecule has 176 valence electrons. The molecular formula is C25H14N4O7. The summed E-state index contributed by atoms with van der Waals surface area (Å²) in [7, 11) is 0. The molecule has 11 heteroatoms. The number of aromatic nitrogens is 2. The maximum absolute atomic E-state index is 13.1. The Bertz CT molecular complexity index is 1750. The van der Waals surface area contributed by atoms with Crippen LogP contribution in [0, 0.1) is 10.1 Å². The van der Waals surface area contributed by atoms with Crippen molar-refractivity contribution in [3.63, 3.8) is 0 Å². The number of aromatic amines is 1. The molecule has 1 aromatic heterocycles. The summed E-state index contributed by atoms with van der Waals surface area (Å²) in [5.74, 6) is -1.52. The van der Waals surface area contributed by atoms with Gasteiger partial charge in [-0.05, 0) is 18.2 Å². The molecule has 1 aliphatic rings. The van der Waals surface area contributed by atoms with Crippen molar-refractivity contribution in [3.8, 4) is 11.6 Å². The molecule has 1 aliphatic carbocycles. The zero-order valence-corrected chi connectivity index (χ0v) is 18.2. The second-order valence-corrected chi connectivity index (χ2v) is 7.77. The minimum Gasteiger partial charge on any atom is -0.493 e. The molecule has 0 spiro atoms. The number of non-ortho nitro benzene ring substituents is 1. The molecule has 0 aliphatic heterocycles. The third-order valence-electron chi connectivity index (χ3n) is 5.70. The van der Waals surface area contributed by atoms with E-state index in [0.717, 1.165) is 22.9 Å². The minimum absolute atomic E-state index is 0.0528. The molecule has 4 aromatic rings. The lowest BCUT2D eigenvalue weighted by Crippen LogP contribution is -2.31. The van der Waals surface area contributed by atoms with Crippen LogP contribution in [0.25, 0.3) is 5.69 Å². The van der Waals surface area contributed by atoms with Crippen LogP contribution in [0.5, 0.6) is 5.88 Å². The number of hydrogen-bond acceptors (Lipinski definition) is 8. The summed E-state index contributed by atoms with van der Waals surface area (Å²) in [4.78, 5) is 67.4.